The van der Waals surface area contributed by atoms with Gasteiger partial charge in [-0.1, -0.05) is 0 Å². The lowest BCUT2D eigenvalue weighted by atomic mass is 10.2. The maximum atomic E-state index is 10.7. The molecule has 8 nitrogen and oxygen atoms in total. The highest BCUT2D eigenvalue weighted by molar-refractivity contribution is 5.41. The number of pyridine rings is 2. The van der Waals surface area contributed by atoms with Crippen molar-refractivity contribution in [3.8, 4) is 17.3 Å². The highest BCUT2D eigenvalue weighted by atomic mass is 16.6. The zero-order valence-electron chi connectivity index (χ0n) is 12.5. The Labute approximate surface area is 131 Å². The maximum Gasteiger partial charge on any atom is 0.363 e. The first-order valence-electron chi connectivity index (χ1n) is 6.79. The number of nitro groups is 1. The molecule has 3 heterocycles. The smallest absolute Gasteiger partial charge is 0.363 e. The summed E-state index contributed by atoms with van der Waals surface area (Å²) in [6, 6.07) is 4.83. The van der Waals surface area contributed by atoms with Gasteiger partial charge in [0.25, 0.3) is 0 Å². The fourth-order valence-electron chi connectivity index (χ4n) is 2.01. The molecule has 0 radical (unpaired) electrons. The van der Waals surface area contributed by atoms with Crippen molar-refractivity contribution in [1.29, 1.82) is 0 Å². The predicted octanol–water partition coefficient (Wildman–Crippen LogP) is 2.98. The molecule has 23 heavy (non-hydrogen) atoms. The first-order valence-corrected chi connectivity index (χ1v) is 6.79. The minimum atomic E-state index is -0.539. The van der Waals surface area contributed by atoms with E-state index >= 15 is 0 Å². The first-order chi connectivity index (χ1) is 11.0. The van der Waals surface area contributed by atoms with Gasteiger partial charge in [-0.3, -0.25) is 4.57 Å². The molecule has 3 rings (SSSR count). The Kier molecular flexibility index (Phi) is 3.71. The van der Waals surface area contributed by atoms with Gasteiger partial charge in [0.2, 0.25) is 0 Å². The van der Waals surface area contributed by atoms with Gasteiger partial charge in [-0.25, -0.2) is 9.97 Å². The Bertz CT molecular complexity index is 875. The Morgan fingerprint density at radius 1 is 1.22 bits per heavy atom. The molecule has 0 aliphatic rings. The molecule has 3 aromatic heterocycles. The summed E-state index contributed by atoms with van der Waals surface area (Å²) in [7, 11) is 0. The van der Waals surface area contributed by atoms with Crippen molar-refractivity contribution < 1.29 is 9.66 Å². The van der Waals surface area contributed by atoms with Crippen LogP contribution in [-0.2, 0) is 0 Å². The summed E-state index contributed by atoms with van der Waals surface area (Å²) >= 11 is 0. The monoisotopic (exact) mass is 311 g/mol. The topological polar surface area (TPSA) is 96.0 Å². The molecule has 8 heteroatoms. The van der Waals surface area contributed by atoms with Crippen molar-refractivity contribution in [1.82, 2.24) is 19.5 Å². The van der Waals surface area contributed by atoms with Crippen LogP contribution >= 0.6 is 0 Å². The number of rotatable bonds is 4. The summed E-state index contributed by atoms with van der Waals surface area (Å²) in [4.78, 5) is 22.4. The second-order valence-corrected chi connectivity index (χ2v) is 4.94. The minimum absolute atomic E-state index is 0.209. The zero-order valence-corrected chi connectivity index (χ0v) is 12.5. The van der Waals surface area contributed by atoms with Crippen LogP contribution in [0.1, 0.15) is 11.3 Å². The Morgan fingerprint density at radius 2 is 2.04 bits per heavy atom. The van der Waals surface area contributed by atoms with E-state index in [0.29, 0.717) is 22.9 Å². The molecule has 0 amide bonds. The molecule has 0 aliphatic heterocycles. The van der Waals surface area contributed by atoms with Crippen LogP contribution in [0.15, 0.2) is 43.1 Å². The lowest BCUT2D eigenvalue weighted by molar-refractivity contribution is -0.389. The van der Waals surface area contributed by atoms with E-state index in [4.69, 9.17) is 4.74 Å². The number of aryl methyl sites for hydroxylation is 2. The number of aromatic nitrogens is 4. The van der Waals surface area contributed by atoms with Crippen molar-refractivity contribution in [2.24, 2.45) is 0 Å². The summed E-state index contributed by atoms with van der Waals surface area (Å²) in [6.07, 6.45) is 6.48. The molecule has 0 saturated carbocycles. The van der Waals surface area contributed by atoms with Gasteiger partial charge in [0.15, 0.2) is 11.9 Å². The third-order valence-corrected chi connectivity index (χ3v) is 3.16. The van der Waals surface area contributed by atoms with E-state index in [1.165, 1.54) is 12.3 Å². The molecule has 0 saturated heterocycles. The first kappa shape index (κ1) is 14.6. The van der Waals surface area contributed by atoms with Crippen molar-refractivity contribution in [3.63, 3.8) is 0 Å². The minimum Gasteiger partial charge on any atom is -0.453 e. The van der Waals surface area contributed by atoms with Crippen molar-refractivity contribution in [2.45, 2.75) is 13.8 Å². The molecule has 3 aromatic rings. The van der Waals surface area contributed by atoms with Gasteiger partial charge < -0.3 is 14.9 Å². The van der Waals surface area contributed by atoms with Gasteiger partial charge >= 0.3 is 5.82 Å². The zero-order chi connectivity index (χ0) is 16.4. The maximum absolute atomic E-state index is 10.7. The van der Waals surface area contributed by atoms with Crippen LogP contribution in [0.2, 0.25) is 0 Å². The van der Waals surface area contributed by atoms with Crippen molar-refractivity contribution >= 4 is 5.82 Å². The van der Waals surface area contributed by atoms with Crippen LogP contribution in [0.25, 0.3) is 5.82 Å². The molecule has 0 unspecified atom stereocenters. The van der Waals surface area contributed by atoms with E-state index in [9.17, 15) is 10.1 Å². The van der Waals surface area contributed by atoms with Crippen LogP contribution in [0.3, 0.4) is 0 Å². The van der Waals surface area contributed by atoms with Crippen LogP contribution < -0.4 is 4.74 Å². The van der Waals surface area contributed by atoms with Crippen molar-refractivity contribution in [2.75, 3.05) is 0 Å². The lowest BCUT2D eigenvalue weighted by Crippen LogP contribution is -1.97. The Hall–Kier alpha value is -3.29. The summed E-state index contributed by atoms with van der Waals surface area (Å²) in [6.45, 7) is 3.62. The number of hydrogen-bond acceptors (Lipinski definition) is 6. The molecule has 0 aromatic carbocycles. The molecule has 116 valence electrons. The molecule has 0 N–H and O–H groups in total. The lowest BCUT2D eigenvalue weighted by Gasteiger charge is -2.08. The molecular formula is C15H13N5O3. The highest BCUT2D eigenvalue weighted by Crippen LogP contribution is 2.27. The average molecular weight is 311 g/mol. The number of nitrogens with zero attached hydrogens (tertiary/aromatic N) is 5. The molecule has 0 aliphatic carbocycles. The standard InChI is InChI=1S/C15H13N5O3/c1-10-5-15(20(21)22)17-7-13(10)23-12-3-4-16-14(6-12)19-8-11(2)18-9-19/h3-9H,1-2H3. The van der Waals surface area contributed by atoms with E-state index in [0.717, 1.165) is 5.69 Å². The fourth-order valence-corrected chi connectivity index (χ4v) is 2.01. The quantitative estimate of drug-likeness (QED) is 0.543. The summed E-state index contributed by atoms with van der Waals surface area (Å²) in [5.74, 6) is 1.46. The molecule has 0 atom stereocenters. The summed E-state index contributed by atoms with van der Waals surface area (Å²) < 4.78 is 7.53. The Morgan fingerprint density at radius 3 is 2.70 bits per heavy atom. The van der Waals surface area contributed by atoms with Crippen LogP contribution in [-0.4, -0.2) is 24.4 Å². The van der Waals surface area contributed by atoms with Gasteiger partial charge in [0.1, 0.15) is 17.9 Å². The Balaban J connectivity index is 1.87. The molecule has 0 spiro atoms. The van der Waals surface area contributed by atoms with Gasteiger partial charge in [-0.2, -0.15) is 0 Å². The third-order valence-electron chi connectivity index (χ3n) is 3.16. The van der Waals surface area contributed by atoms with E-state index < -0.39 is 4.92 Å². The predicted molar refractivity (Wildman–Crippen MR) is 81.8 cm³/mol. The van der Waals surface area contributed by atoms with Gasteiger partial charge in [-0.15, -0.1) is 0 Å². The molecule has 0 fully saturated rings. The van der Waals surface area contributed by atoms with E-state index in [1.807, 2.05) is 13.1 Å². The average Bonchev–Trinajstić information content (AvgIpc) is 2.96. The van der Waals surface area contributed by atoms with Gasteiger partial charge in [0, 0.05) is 30.1 Å². The second-order valence-electron chi connectivity index (χ2n) is 4.94. The number of hydrogen-bond donors (Lipinski definition) is 0. The molecule has 0 bridgehead atoms. The summed E-state index contributed by atoms with van der Waals surface area (Å²) in [5, 5.41) is 10.7. The summed E-state index contributed by atoms with van der Waals surface area (Å²) in [5.41, 5.74) is 1.51. The van der Waals surface area contributed by atoms with Gasteiger partial charge in [0.05, 0.1) is 5.69 Å². The number of ether oxygens (including phenoxy) is 1. The largest absolute Gasteiger partial charge is 0.453 e. The van der Waals surface area contributed by atoms with E-state index in [2.05, 4.69) is 15.0 Å². The third kappa shape index (κ3) is 3.15. The van der Waals surface area contributed by atoms with Gasteiger partial charge in [-0.05, 0) is 29.8 Å². The van der Waals surface area contributed by atoms with Crippen molar-refractivity contribution in [3.05, 3.63) is 64.5 Å². The van der Waals surface area contributed by atoms with E-state index in [1.54, 1.807) is 36.1 Å². The SMILES string of the molecule is Cc1cn(-c2cc(Oc3cnc([N+](=O)[O-])cc3C)ccn2)cn1. The molecular weight excluding hydrogens is 298 g/mol. The normalized spacial score (nSPS) is 10.5. The second kappa shape index (κ2) is 5.84. The van der Waals surface area contributed by atoms with Crippen LogP contribution in [0.4, 0.5) is 5.82 Å². The fraction of sp³-hybridized carbons (Fsp3) is 0.133. The van der Waals surface area contributed by atoms with Crippen LogP contribution in [0, 0.1) is 24.0 Å². The highest BCUT2D eigenvalue weighted by Gasteiger charge is 2.12. The number of imidazole rings is 1. The van der Waals surface area contributed by atoms with Crippen LogP contribution in [0.5, 0.6) is 11.5 Å². The van der Waals surface area contributed by atoms with E-state index in [-0.39, 0.29) is 5.82 Å².